The number of nitrogens with zero attached hydrogens (tertiary/aromatic N) is 1. The summed E-state index contributed by atoms with van der Waals surface area (Å²) in [4.78, 5) is 0. The van der Waals surface area contributed by atoms with Crippen LogP contribution >= 0.6 is 12.2 Å². The van der Waals surface area contributed by atoms with E-state index in [1.807, 2.05) is 0 Å². The van der Waals surface area contributed by atoms with Gasteiger partial charge in [0, 0.05) is 6.54 Å². The van der Waals surface area contributed by atoms with E-state index in [2.05, 4.69) is 91.9 Å². The Morgan fingerprint density at radius 1 is 0.750 bits per heavy atom. The lowest BCUT2D eigenvalue weighted by Crippen LogP contribution is -2.11. The summed E-state index contributed by atoms with van der Waals surface area (Å²) in [5.41, 5.74) is 9.34. The summed E-state index contributed by atoms with van der Waals surface area (Å²) >= 11 is 1.40. The van der Waals surface area contributed by atoms with E-state index in [1.54, 1.807) is 7.11 Å². The molecule has 3 heteroatoms. The molecule has 0 spiro atoms. The Labute approximate surface area is 199 Å². The van der Waals surface area contributed by atoms with Gasteiger partial charge < -0.3 is 4.18 Å². The highest BCUT2D eigenvalue weighted by Crippen LogP contribution is 2.29. The minimum Gasteiger partial charge on any atom is -0.304 e. The molecule has 0 bridgehead atoms. The van der Waals surface area contributed by atoms with Gasteiger partial charge in [0.15, 0.2) is 0 Å². The second-order valence-corrected chi connectivity index (χ2v) is 9.68. The monoisotopic (exact) mass is 447 g/mol. The van der Waals surface area contributed by atoms with Crippen LogP contribution in [0.3, 0.4) is 0 Å². The quantitative estimate of drug-likeness (QED) is 0.158. The zero-order chi connectivity index (χ0) is 22.8. The van der Waals surface area contributed by atoms with E-state index in [9.17, 15) is 0 Å². The van der Waals surface area contributed by atoms with Gasteiger partial charge in [-0.15, -0.1) is 0 Å². The molecule has 0 fully saturated rings. The van der Waals surface area contributed by atoms with Gasteiger partial charge in [-0.1, -0.05) is 86.5 Å². The summed E-state index contributed by atoms with van der Waals surface area (Å²) in [5.74, 6) is 0. The van der Waals surface area contributed by atoms with E-state index >= 15 is 0 Å². The third-order valence-corrected chi connectivity index (χ3v) is 6.57. The molecule has 0 saturated carbocycles. The molecule has 0 amide bonds. The number of benzene rings is 3. The van der Waals surface area contributed by atoms with Crippen molar-refractivity contribution < 1.29 is 4.18 Å². The van der Waals surface area contributed by atoms with Crippen LogP contribution in [0, 0.1) is 6.92 Å². The first-order valence-corrected chi connectivity index (χ1v) is 12.5. The molecule has 170 valence electrons. The zero-order valence-corrected chi connectivity index (χ0v) is 20.9. The van der Waals surface area contributed by atoms with Crippen LogP contribution in [0.1, 0.15) is 49.3 Å². The second kappa shape index (κ2) is 12.8. The molecule has 3 aromatic carbocycles. The molecule has 0 atom stereocenters. The molecule has 0 N–H and O–H groups in total. The third kappa shape index (κ3) is 7.23. The first-order chi connectivity index (χ1) is 15.6. The van der Waals surface area contributed by atoms with E-state index in [0.717, 1.165) is 19.4 Å². The smallest absolute Gasteiger partial charge is 0.0813 e. The van der Waals surface area contributed by atoms with E-state index in [-0.39, 0.29) is 0 Å². The van der Waals surface area contributed by atoms with Crippen molar-refractivity contribution in [1.82, 2.24) is 4.31 Å². The molecule has 0 aliphatic carbocycles. The highest BCUT2D eigenvalue weighted by molar-refractivity contribution is 7.92. The molecule has 3 aromatic rings. The van der Waals surface area contributed by atoms with Gasteiger partial charge in [-0.3, -0.25) is 0 Å². The lowest BCUT2D eigenvalue weighted by Gasteiger charge is -2.13. The predicted octanol–water partition coefficient (Wildman–Crippen LogP) is 8.14. The van der Waals surface area contributed by atoms with E-state index < -0.39 is 0 Å². The maximum Gasteiger partial charge on any atom is 0.0813 e. The fraction of sp³-hybridized carbons (Fsp3) is 0.379. The van der Waals surface area contributed by atoms with Crippen molar-refractivity contribution in [3.05, 3.63) is 83.4 Å². The highest BCUT2D eigenvalue weighted by Gasteiger charge is 2.06. The number of hydrogen-bond acceptors (Lipinski definition) is 3. The highest BCUT2D eigenvalue weighted by atomic mass is 32.2. The van der Waals surface area contributed by atoms with Crippen LogP contribution in [0.4, 0.5) is 0 Å². The lowest BCUT2D eigenvalue weighted by atomic mass is 9.94. The molecule has 32 heavy (non-hydrogen) atoms. The fourth-order valence-corrected chi connectivity index (χ4v) is 4.59. The standard InChI is InChI=1S/C29H37NOS/c1-5-6-7-9-24-13-17-27(18-14-24)29-20-19-28(22-23(29)2)26-15-11-25(12-16-26)10-8-21-30(3)32-31-4/h11-20,22H,5-10,21H2,1-4H3. The minimum absolute atomic E-state index is 1.01. The van der Waals surface area contributed by atoms with Crippen LogP contribution in [-0.4, -0.2) is 25.0 Å². The number of rotatable bonds is 12. The first kappa shape index (κ1) is 24.6. The summed E-state index contributed by atoms with van der Waals surface area (Å²) in [6.07, 6.45) is 7.27. The largest absolute Gasteiger partial charge is 0.304 e. The Kier molecular flexibility index (Phi) is 9.86. The molecule has 3 rings (SSSR count). The normalized spacial score (nSPS) is 11.3. The average Bonchev–Trinajstić information content (AvgIpc) is 2.80. The summed E-state index contributed by atoms with van der Waals surface area (Å²) in [6.45, 7) is 5.49. The SMILES string of the molecule is CCCCCc1ccc(-c2ccc(-c3ccc(CCCN(C)SOC)cc3)cc2C)cc1. The van der Waals surface area contributed by atoms with Crippen molar-refractivity contribution >= 4 is 12.2 Å². The van der Waals surface area contributed by atoms with Crippen LogP contribution < -0.4 is 0 Å². The van der Waals surface area contributed by atoms with Crippen molar-refractivity contribution in [3.63, 3.8) is 0 Å². The first-order valence-electron chi connectivity index (χ1n) is 11.8. The predicted molar refractivity (Wildman–Crippen MR) is 141 cm³/mol. The number of hydrogen-bond donors (Lipinski definition) is 0. The van der Waals surface area contributed by atoms with Crippen LogP contribution in [0.25, 0.3) is 22.3 Å². The third-order valence-electron chi connectivity index (χ3n) is 5.99. The molecule has 2 nitrogen and oxygen atoms in total. The van der Waals surface area contributed by atoms with Gasteiger partial charge in [-0.25, -0.2) is 4.31 Å². The Morgan fingerprint density at radius 3 is 1.94 bits per heavy atom. The molecule has 0 radical (unpaired) electrons. The molecular weight excluding hydrogens is 410 g/mol. The second-order valence-electron chi connectivity index (χ2n) is 8.58. The maximum atomic E-state index is 5.08. The van der Waals surface area contributed by atoms with Gasteiger partial charge in [0.05, 0.1) is 19.3 Å². The molecule has 0 unspecified atom stereocenters. The average molecular weight is 448 g/mol. The Morgan fingerprint density at radius 2 is 1.34 bits per heavy atom. The van der Waals surface area contributed by atoms with E-state index in [0.29, 0.717) is 0 Å². The molecule has 0 aliphatic heterocycles. The Balaban J connectivity index is 1.62. The Bertz CT molecular complexity index is 950. The molecule has 0 saturated heterocycles. The molecular formula is C29H37NOS. The van der Waals surface area contributed by atoms with E-state index in [4.69, 9.17) is 4.18 Å². The van der Waals surface area contributed by atoms with Crippen LogP contribution in [0.5, 0.6) is 0 Å². The van der Waals surface area contributed by atoms with Gasteiger partial charge in [0.1, 0.15) is 0 Å². The van der Waals surface area contributed by atoms with Crippen molar-refractivity contribution in [2.45, 2.75) is 52.4 Å². The Hall–Kier alpha value is -2.07. The van der Waals surface area contributed by atoms with Crippen molar-refractivity contribution in [2.75, 3.05) is 20.7 Å². The van der Waals surface area contributed by atoms with Crippen molar-refractivity contribution in [2.24, 2.45) is 0 Å². The number of aryl methyl sites for hydroxylation is 3. The van der Waals surface area contributed by atoms with Gasteiger partial charge in [-0.2, -0.15) is 0 Å². The topological polar surface area (TPSA) is 12.5 Å². The van der Waals surface area contributed by atoms with Crippen LogP contribution in [0.15, 0.2) is 66.7 Å². The lowest BCUT2D eigenvalue weighted by molar-refractivity contribution is 0.431. The zero-order valence-electron chi connectivity index (χ0n) is 20.1. The molecule has 0 aliphatic rings. The fourth-order valence-electron chi connectivity index (χ4n) is 4.13. The molecule has 0 aromatic heterocycles. The number of unbranched alkanes of at least 4 members (excludes halogenated alkanes) is 2. The van der Waals surface area contributed by atoms with Crippen LogP contribution in [-0.2, 0) is 17.0 Å². The van der Waals surface area contributed by atoms with Gasteiger partial charge in [0.2, 0.25) is 0 Å². The van der Waals surface area contributed by atoms with Crippen molar-refractivity contribution in [3.8, 4) is 22.3 Å². The van der Waals surface area contributed by atoms with E-state index in [1.165, 1.54) is 76.9 Å². The summed E-state index contributed by atoms with van der Waals surface area (Å²) in [5, 5.41) is 0. The minimum atomic E-state index is 1.01. The van der Waals surface area contributed by atoms with Gasteiger partial charge in [-0.05, 0) is 78.6 Å². The summed E-state index contributed by atoms with van der Waals surface area (Å²) in [7, 11) is 3.77. The summed E-state index contributed by atoms with van der Waals surface area (Å²) < 4.78 is 7.21. The molecule has 0 heterocycles. The summed E-state index contributed by atoms with van der Waals surface area (Å²) in [6, 6.07) is 25.0. The van der Waals surface area contributed by atoms with Gasteiger partial charge >= 0.3 is 0 Å². The maximum absolute atomic E-state index is 5.08. The van der Waals surface area contributed by atoms with Crippen LogP contribution in [0.2, 0.25) is 0 Å². The van der Waals surface area contributed by atoms with Gasteiger partial charge in [0.25, 0.3) is 0 Å². The van der Waals surface area contributed by atoms with Crippen molar-refractivity contribution in [1.29, 1.82) is 0 Å².